The Bertz CT molecular complexity index is 713. The topological polar surface area (TPSA) is 104 Å². The fraction of sp³-hybridized carbons (Fsp3) is 0.529. The van der Waals surface area contributed by atoms with Gasteiger partial charge in [0, 0.05) is 25.2 Å². The summed E-state index contributed by atoms with van der Waals surface area (Å²) in [6.07, 6.45) is 2.99. The lowest BCUT2D eigenvalue weighted by Crippen LogP contribution is -2.38. The molecule has 2 aromatic rings. The Kier molecular flexibility index (Phi) is 5.28. The Balaban J connectivity index is 1.56. The Morgan fingerprint density at radius 2 is 2.32 bits per heavy atom. The second kappa shape index (κ2) is 7.60. The SMILES string of the molecule is CC(C)c1nc(CNC(=O)c2ccc(N3CCC[C@@H](O)C3)nc2)no1. The molecule has 25 heavy (non-hydrogen) atoms. The van der Waals surface area contributed by atoms with Crippen molar-refractivity contribution in [1.29, 1.82) is 0 Å². The molecule has 8 nitrogen and oxygen atoms in total. The Hall–Kier alpha value is -2.48. The standard InChI is InChI=1S/C17H23N5O3/c1-11(2)17-20-14(21-25-17)9-19-16(24)12-5-6-15(18-8-12)22-7-3-4-13(23)10-22/h5-6,8,11,13,23H,3-4,7,9-10H2,1-2H3,(H,19,24)/t13-/m1/s1. The molecule has 0 bridgehead atoms. The molecule has 2 aromatic heterocycles. The van der Waals surface area contributed by atoms with Crippen LogP contribution in [0, 0.1) is 0 Å². The normalized spacial score (nSPS) is 17.8. The molecule has 1 fully saturated rings. The van der Waals surface area contributed by atoms with Crippen LogP contribution in [0.2, 0.25) is 0 Å². The van der Waals surface area contributed by atoms with Gasteiger partial charge in [-0.3, -0.25) is 4.79 Å². The van der Waals surface area contributed by atoms with Crippen LogP contribution in [0.15, 0.2) is 22.9 Å². The summed E-state index contributed by atoms with van der Waals surface area (Å²) in [5.74, 6) is 1.69. The van der Waals surface area contributed by atoms with Crippen molar-refractivity contribution in [3.8, 4) is 0 Å². The number of carbonyl (C=O) groups is 1. The molecule has 0 aliphatic carbocycles. The number of aromatic nitrogens is 3. The van der Waals surface area contributed by atoms with Crippen LogP contribution in [-0.4, -0.2) is 45.3 Å². The highest BCUT2D eigenvalue weighted by molar-refractivity contribution is 5.93. The number of carbonyl (C=O) groups excluding carboxylic acids is 1. The number of β-amino-alcohol motifs (C(OH)–C–C–N with tert-alkyl or cyclic N) is 1. The third kappa shape index (κ3) is 4.33. The van der Waals surface area contributed by atoms with Crippen molar-refractivity contribution in [2.75, 3.05) is 18.0 Å². The highest BCUT2D eigenvalue weighted by atomic mass is 16.5. The summed E-state index contributed by atoms with van der Waals surface area (Å²) in [5, 5.41) is 16.3. The molecule has 134 valence electrons. The fourth-order valence-electron chi connectivity index (χ4n) is 2.71. The van der Waals surface area contributed by atoms with E-state index in [2.05, 4.69) is 20.4 Å². The van der Waals surface area contributed by atoms with Gasteiger partial charge >= 0.3 is 0 Å². The minimum atomic E-state index is -0.316. The Labute approximate surface area is 146 Å². The number of piperidine rings is 1. The summed E-state index contributed by atoms with van der Waals surface area (Å²) in [6.45, 7) is 5.57. The van der Waals surface area contributed by atoms with E-state index in [1.807, 2.05) is 18.7 Å². The number of rotatable bonds is 5. The number of pyridine rings is 1. The predicted molar refractivity (Wildman–Crippen MR) is 91.2 cm³/mol. The second-order valence-corrected chi connectivity index (χ2v) is 6.53. The van der Waals surface area contributed by atoms with Crippen molar-refractivity contribution in [3.63, 3.8) is 0 Å². The van der Waals surface area contributed by atoms with Crippen molar-refractivity contribution >= 4 is 11.7 Å². The molecule has 3 rings (SSSR count). The molecule has 0 radical (unpaired) electrons. The van der Waals surface area contributed by atoms with Gasteiger partial charge in [-0.15, -0.1) is 0 Å². The lowest BCUT2D eigenvalue weighted by molar-refractivity contribution is 0.0949. The van der Waals surface area contributed by atoms with Crippen LogP contribution in [0.5, 0.6) is 0 Å². The third-order valence-electron chi connectivity index (χ3n) is 4.12. The van der Waals surface area contributed by atoms with E-state index in [0.29, 0.717) is 23.8 Å². The molecule has 0 spiro atoms. The van der Waals surface area contributed by atoms with Gasteiger partial charge in [0.1, 0.15) is 5.82 Å². The molecule has 8 heteroatoms. The summed E-state index contributed by atoms with van der Waals surface area (Å²) in [5.41, 5.74) is 0.467. The molecular formula is C17H23N5O3. The molecule has 1 aliphatic rings. The molecule has 0 saturated carbocycles. The molecule has 2 N–H and O–H groups in total. The average Bonchev–Trinajstić information content (AvgIpc) is 3.09. The highest BCUT2D eigenvalue weighted by Crippen LogP contribution is 2.18. The summed E-state index contributed by atoms with van der Waals surface area (Å²) in [4.78, 5) is 22.8. The average molecular weight is 345 g/mol. The van der Waals surface area contributed by atoms with Crippen molar-refractivity contribution in [3.05, 3.63) is 35.6 Å². The first-order valence-electron chi connectivity index (χ1n) is 8.52. The molecular weight excluding hydrogens is 322 g/mol. The second-order valence-electron chi connectivity index (χ2n) is 6.53. The smallest absolute Gasteiger partial charge is 0.253 e. The minimum Gasteiger partial charge on any atom is -0.391 e. The van der Waals surface area contributed by atoms with Gasteiger partial charge in [-0.05, 0) is 25.0 Å². The van der Waals surface area contributed by atoms with E-state index in [4.69, 9.17) is 4.52 Å². The van der Waals surface area contributed by atoms with E-state index in [9.17, 15) is 9.90 Å². The summed E-state index contributed by atoms with van der Waals surface area (Å²) < 4.78 is 5.10. The maximum Gasteiger partial charge on any atom is 0.253 e. The monoisotopic (exact) mass is 345 g/mol. The van der Waals surface area contributed by atoms with E-state index in [1.165, 1.54) is 0 Å². The predicted octanol–water partition coefficient (Wildman–Crippen LogP) is 1.48. The zero-order chi connectivity index (χ0) is 17.8. The molecule has 0 unspecified atom stereocenters. The maximum atomic E-state index is 12.2. The summed E-state index contributed by atoms with van der Waals surface area (Å²) in [7, 11) is 0. The molecule has 3 heterocycles. The van der Waals surface area contributed by atoms with Gasteiger partial charge in [0.15, 0.2) is 5.82 Å². The van der Waals surface area contributed by atoms with Crippen LogP contribution in [-0.2, 0) is 6.54 Å². The van der Waals surface area contributed by atoms with E-state index in [-0.39, 0.29) is 24.5 Å². The van der Waals surface area contributed by atoms with Crippen LogP contribution < -0.4 is 10.2 Å². The number of nitrogens with zero attached hydrogens (tertiary/aromatic N) is 4. The van der Waals surface area contributed by atoms with Crippen LogP contribution in [0.3, 0.4) is 0 Å². The van der Waals surface area contributed by atoms with Crippen molar-refractivity contribution in [2.45, 2.75) is 45.3 Å². The lowest BCUT2D eigenvalue weighted by atomic mass is 10.1. The van der Waals surface area contributed by atoms with E-state index < -0.39 is 0 Å². The lowest BCUT2D eigenvalue weighted by Gasteiger charge is -2.30. The largest absolute Gasteiger partial charge is 0.391 e. The fourth-order valence-corrected chi connectivity index (χ4v) is 2.71. The number of aliphatic hydroxyl groups is 1. The van der Waals surface area contributed by atoms with Crippen LogP contribution in [0.1, 0.15) is 54.7 Å². The maximum absolute atomic E-state index is 12.2. The van der Waals surface area contributed by atoms with Gasteiger partial charge in [-0.25, -0.2) is 4.98 Å². The summed E-state index contributed by atoms with van der Waals surface area (Å²) >= 11 is 0. The number of anilines is 1. The van der Waals surface area contributed by atoms with Gasteiger partial charge in [0.25, 0.3) is 5.91 Å². The first-order valence-corrected chi connectivity index (χ1v) is 8.52. The first kappa shape index (κ1) is 17.3. The van der Waals surface area contributed by atoms with Gasteiger partial charge in [-0.2, -0.15) is 4.98 Å². The van der Waals surface area contributed by atoms with Crippen LogP contribution >= 0.6 is 0 Å². The van der Waals surface area contributed by atoms with Crippen molar-refractivity contribution in [1.82, 2.24) is 20.4 Å². The first-order chi connectivity index (χ1) is 12.0. The molecule has 1 amide bonds. The van der Waals surface area contributed by atoms with Gasteiger partial charge in [0.05, 0.1) is 18.2 Å². The highest BCUT2D eigenvalue weighted by Gasteiger charge is 2.19. The van der Waals surface area contributed by atoms with E-state index in [0.717, 1.165) is 25.2 Å². The quantitative estimate of drug-likeness (QED) is 0.845. The minimum absolute atomic E-state index is 0.155. The van der Waals surface area contributed by atoms with Gasteiger partial charge < -0.3 is 19.8 Å². The van der Waals surface area contributed by atoms with E-state index >= 15 is 0 Å². The number of amides is 1. The molecule has 1 saturated heterocycles. The Morgan fingerprint density at radius 3 is 2.96 bits per heavy atom. The van der Waals surface area contributed by atoms with Gasteiger partial charge in [0.2, 0.25) is 5.89 Å². The number of aliphatic hydroxyl groups excluding tert-OH is 1. The zero-order valence-electron chi connectivity index (χ0n) is 14.5. The van der Waals surface area contributed by atoms with Crippen molar-refractivity contribution < 1.29 is 14.4 Å². The molecule has 1 aliphatic heterocycles. The number of hydrogen-bond acceptors (Lipinski definition) is 7. The van der Waals surface area contributed by atoms with E-state index in [1.54, 1.807) is 18.3 Å². The van der Waals surface area contributed by atoms with Crippen molar-refractivity contribution in [2.24, 2.45) is 0 Å². The Morgan fingerprint density at radius 1 is 1.48 bits per heavy atom. The molecule has 0 aromatic carbocycles. The summed E-state index contributed by atoms with van der Waals surface area (Å²) in [6, 6.07) is 3.53. The zero-order valence-corrected chi connectivity index (χ0v) is 14.5. The van der Waals surface area contributed by atoms with Crippen LogP contribution in [0.4, 0.5) is 5.82 Å². The molecule has 1 atom stereocenters. The third-order valence-corrected chi connectivity index (χ3v) is 4.12. The van der Waals surface area contributed by atoms with Crippen LogP contribution in [0.25, 0.3) is 0 Å². The number of nitrogens with one attached hydrogen (secondary N) is 1. The number of hydrogen-bond donors (Lipinski definition) is 2. The van der Waals surface area contributed by atoms with Gasteiger partial charge in [-0.1, -0.05) is 19.0 Å².